The van der Waals surface area contributed by atoms with Gasteiger partial charge >= 0.3 is 0 Å². The average Bonchev–Trinajstić information content (AvgIpc) is 2.83. The Morgan fingerprint density at radius 3 is 2.75 bits per heavy atom. The summed E-state index contributed by atoms with van der Waals surface area (Å²) in [6, 6.07) is 8.29. The summed E-state index contributed by atoms with van der Waals surface area (Å²) >= 11 is 7.03. The van der Waals surface area contributed by atoms with Crippen molar-refractivity contribution >= 4 is 38.6 Å². The SMILES string of the molecule is Cc1ccc(Cl)cc1NS(=O)(=O)c1ccc(CCO)s1. The number of anilines is 1. The molecule has 0 amide bonds. The molecule has 0 unspecified atom stereocenters. The Morgan fingerprint density at radius 1 is 1.30 bits per heavy atom. The molecule has 0 aliphatic heterocycles. The summed E-state index contributed by atoms with van der Waals surface area (Å²) in [7, 11) is -3.62. The first-order valence-electron chi connectivity index (χ1n) is 5.91. The van der Waals surface area contributed by atoms with Crippen LogP contribution in [0.1, 0.15) is 10.4 Å². The van der Waals surface area contributed by atoms with Crippen LogP contribution >= 0.6 is 22.9 Å². The number of aryl methyl sites for hydroxylation is 1. The molecule has 0 saturated heterocycles. The van der Waals surface area contributed by atoms with Gasteiger partial charge < -0.3 is 5.11 Å². The van der Waals surface area contributed by atoms with Crippen LogP contribution in [0.5, 0.6) is 0 Å². The first-order valence-corrected chi connectivity index (χ1v) is 8.58. The Balaban J connectivity index is 2.28. The Labute approximate surface area is 127 Å². The lowest BCUT2D eigenvalue weighted by Crippen LogP contribution is -2.12. The van der Waals surface area contributed by atoms with Gasteiger partial charge in [-0.2, -0.15) is 0 Å². The van der Waals surface area contributed by atoms with Gasteiger partial charge in [-0.15, -0.1) is 11.3 Å². The number of benzene rings is 1. The number of thiophene rings is 1. The summed E-state index contributed by atoms with van der Waals surface area (Å²) in [6.45, 7) is 1.81. The van der Waals surface area contributed by atoms with E-state index in [1.165, 1.54) is 6.07 Å². The molecule has 0 aliphatic rings. The molecule has 4 nitrogen and oxygen atoms in total. The normalized spacial score (nSPS) is 11.6. The largest absolute Gasteiger partial charge is 0.396 e. The second-order valence-corrected chi connectivity index (χ2v) is 7.77. The Morgan fingerprint density at radius 2 is 2.05 bits per heavy atom. The molecular formula is C13H14ClNO3S2. The summed E-state index contributed by atoms with van der Waals surface area (Å²) in [5.41, 5.74) is 1.26. The van der Waals surface area contributed by atoms with Crippen LogP contribution < -0.4 is 4.72 Å². The Kier molecular flexibility index (Phi) is 4.70. The summed E-state index contributed by atoms with van der Waals surface area (Å²) in [4.78, 5) is 0.829. The second kappa shape index (κ2) is 6.13. The molecule has 0 saturated carbocycles. The predicted molar refractivity (Wildman–Crippen MR) is 82.1 cm³/mol. The fourth-order valence-corrected chi connectivity index (χ4v) is 4.28. The number of sulfonamides is 1. The zero-order valence-electron chi connectivity index (χ0n) is 10.8. The van der Waals surface area contributed by atoms with E-state index in [-0.39, 0.29) is 10.8 Å². The topological polar surface area (TPSA) is 66.4 Å². The fraction of sp³-hybridized carbons (Fsp3) is 0.231. The van der Waals surface area contributed by atoms with Crippen LogP contribution in [0, 0.1) is 6.92 Å². The molecule has 2 aromatic rings. The number of rotatable bonds is 5. The first kappa shape index (κ1) is 15.3. The molecule has 20 heavy (non-hydrogen) atoms. The lowest BCUT2D eigenvalue weighted by atomic mass is 10.2. The minimum atomic E-state index is -3.62. The van der Waals surface area contributed by atoms with E-state index >= 15 is 0 Å². The number of halogens is 1. The molecule has 1 aromatic carbocycles. The van der Waals surface area contributed by atoms with Crippen molar-refractivity contribution in [3.05, 3.63) is 45.8 Å². The molecule has 2 N–H and O–H groups in total. The maximum Gasteiger partial charge on any atom is 0.271 e. The van der Waals surface area contributed by atoms with Crippen LogP contribution in [-0.2, 0) is 16.4 Å². The van der Waals surface area contributed by atoms with Gasteiger partial charge in [0, 0.05) is 22.9 Å². The van der Waals surface area contributed by atoms with Gasteiger partial charge in [-0.25, -0.2) is 8.42 Å². The van der Waals surface area contributed by atoms with E-state index < -0.39 is 10.0 Å². The van der Waals surface area contributed by atoms with Crippen LogP contribution in [0.3, 0.4) is 0 Å². The molecule has 0 radical (unpaired) electrons. The van der Waals surface area contributed by atoms with E-state index in [9.17, 15) is 8.42 Å². The molecule has 2 rings (SSSR count). The number of hydrogen-bond acceptors (Lipinski definition) is 4. The van der Waals surface area contributed by atoms with E-state index in [4.69, 9.17) is 16.7 Å². The van der Waals surface area contributed by atoms with Gasteiger partial charge in [-0.1, -0.05) is 17.7 Å². The monoisotopic (exact) mass is 331 g/mol. The van der Waals surface area contributed by atoms with Gasteiger partial charge in [0.15, 0.2) is 0 Å². The molecule has 0 aliphatic carbocycles. The van der Waals surface area contributed by atoms with E-state index in [1.807, 2.05) is 0 Å². The quantitative estimate of drug-likeness (QED) is 0.885. The molecular weight excluding hydrogens is 318 g/mol. The first-order chi connectivity index (χ1) is 9.42. The minimum Gasteiger partial charge on any atom is -0.396 e. The highest BCUT2D eigenvalue weighted by atomic mass is 35.5. The lowest BCUT2D eigenvalue weighted by molar-refractivity contribution is 0.300. The number of nitrogens with one attached hydrogen (secondary N) is 1. The molecule has 1 heterocycles. The number of hydrogen-bond donors (Lipinski definition) is 2. The second-order valence-electron chi connectivity index (χ2n) is 4.26. The Bertz CT molecular complexity index is 710. The Hall–Kier alpha value is -1.08. The van der Waals surface area contributed by atoms with Crippen LogP contribution in [0.4, 0.5) is 5.69 Å². The van der Waals surface area contributed by atoms with Gasteiger partial charge in [0.1, 0.15) is 4.21 Å². The van der Waals surface area contributed by atoms with E-state index in [0.717, 1.165) is 21.8 Å². The van der Waals surface area contributed by atoms with Gasteiger partial charge in [-0.05, 0) is 36.8 Å². The van der Waals surface area contributed by atoms with Crippen LogP contribution in [0.25, 0.3) is 0 Å². The zero-order chi connectivity index (χ0) is 14.8. The summed E-state index contributed by atoms with van der Waals surface area (Å²) < 4.78 is 27.3. The van der Waals surface area contributed by atoms with Gasteiger partial charge in [0.25, 0.3) is 10.0 Å². The van der Waals surface area contributed by atoms with E-state index in [2.05, 4.69) is 4.72 Å². The number of aliphatic hydroxyl groups is 1. The van der Waals surface area contributed by atoms with Crippen LogP contribution in [0.2, 0.25) is 5.02 Å². The van der Waals surface area contributed by atoms with E-state index in [0.29, 0.717) is 17.1 Å². The molecule has 108 valence electrons. The molecule has 1 aromatic heterocycles. The highest BCUT2D eigenvalue weighted by molar-refractivity contribution is 7.94. The van der Waals surface area contributed by atoms with Crippen molar-refractivity contribution in [2.45, 2.75) is 17.6 Å². The van der Waals surface area contributed by atoms with Crippen LogP contribution in [0.15, 0.2) is 34.5 Å². The standard InChI is InChI=1S/C13H14ClNO3S2/c1-9-2-3-10(14)8-12(9)15-20(17,18)13-5-4-11(19-13)6-7-16/h2-5,8,15-16H,6-7H2,1H3. The van der Waals surface area contributed by atoms with Gasteiger partial charge in [-0.3, -0.25) is 4.72 Å². The van der Waals surface area contributed by atoms with Gasteiger partial charge in [0.2, 0.25) is 0 Å². The highest BCUT2D eigenvalue weighted by Crippen LogP contribution is 2.27. The van der Waals surface area contributed by atoms with E-state index in [1.54, 1.807) is 31.2 Å². The molecule has 0 fully saturated rings. The van der Waals surface area contributed by atoms with Crippen molar-refractivity contribution in [3.63, 3.8) is 0 Å². The van der Waals surface area contributed by atoms with Gasteiger partial charge in [0.05, 0.1) is 5.69 Å². The maximum absolute atomic E-state index is 12.3. The third-order valence-electron chi connectivity index (χ3n) is 2.70. The number of aliphatic hydroxyl groups excluding tert-OH is 1. The fourth-order valence-electron chi connectivity index (χ4n) is 1.65. The van der Waals surface area contributed by atoms with Crippen molar-refractivity contribution in [1.82, 2.24) is 0 Å². The van der Waals surface area contributed by atoms with Crippen LogP contribution in [-0.4, -0.2) is 20.1 Å². The average molecular weight is 332 g/mol. The van der Waals surface area contributed by atoms with Crippen molar-refractivity contribution in [2.24, 2.45) is 0 Å². The maximum atomic E-state index is 12.3. The lowest BCUT2D eigenvalue weighted by Gasteiger charge is -2.09. The predicted octanol–water partition coefficient (Wildman–Crippen LogP) is 3.05. The zero-order valence-corrected chi connectivity index (χ0v) is 13.1. The summed E-state index contributed by atoms with van der Waals surface area (Å²) in [5.74, 6) is 0. The van der Waals surface area contributed by atoms with Crippen molar-refractivity contribution < 1.29 is 13.5 Å². The van der Waals surface area contributed by atoms with Crippen molar-refractivity contribution in [2.75, 3.05) is 11.3 Å². The molecule has 0 atom stereocenters. The molecule has 7 heteroatoms. The highest BCUT2D eigenvalue weighted by Gasteiger charge is 2.18. The third kappa shape index (κ3) is 3.52. The third-order valence-corrected chi connectivity index (χ3v) is 5.94. The molecule has 0 spiro atoms. The summed E-state index contributed by atoms with van der Waals surface area (Å²) in [6.07, 6.45) is 0.455. The van der Waals surface area contributed by atoms with Crippen molar-refractivity contribution in [1.29, 1.82) is 0 Å². The summed E-state index contributed by atoms with van der Waals surface area (Å²) in [5, 5.41) is 9.33. The minimum absolute atomic E-state index is 0.000824. The van der Waals surface area contributed by atoms with Crippen molar-refractivity contribution in [3.8, 4) is 0 Å². The smallest absolute Gasteiger partial charge is 0.271 e. The molecule has 0 bridgehead atoms.